The van der Waals surface area contributed by atoms with Crippen molar-refractivity contribution in [2.75, 3.05) is 34.0 Å². The van der Waals surface area contributed by atoms with Crippen LogP contribution < -0.4 is 19.5 Å². The standard InChI is InChI=1S/C21H23NO5/c1-21(10-26-11-21)12-27-18-15(6-7-17(24-2)19(18)25-3)13-4-5-16-14(8-13)9-22-20(16)23/h4-8H,9-12H2,1-3H3,(H,22,23). The third-order valence-electron chi connectivity index (χ3n) is 5.07. The van der Waals surface area contributed by atoms with Crippen molar-refractivity contribution in [3.8, 4) is 28.4 Å². The Morgan fingerprint density at radius 1 is 1.07 bits per heavy atom. The van der Waals surface area contributed by atoms with Crippen molar-refractivity contribution in [2.24, 2.45) is 5.41 Å². The number of benzene rings is 2. The molecule has 2 aliphatic heterocycles. The Morgan fingerprint density at radius 3 is 2.52 bits per heavy atom. The highest BCUT2D eigenvalue weighted by Gasteiger charge is 2.35. The zero-order valence-corrected chi connectivity index (χ0v) is 15.8. The zero-order valence-electron chi connectivity index (χ0n) is 15.8. The van der Waals surface area contributed by atoms with Crippen molar-refractivity contribution in [1.29, 1.82) is 0 Å². The predicted molar refractivity (Wildman–Crippen MR) is 101 cm³/mol. The largest absolute Gasteiger partial charge is 0.493 e. The molecule has 0 atom stereocenters. The lowest BCUT2D eigenvalue weighted by molar-refractivity contribution is -0.120. The molecule has 0 saturated carbocycles. The van der Waals surface area contributed by atoms with E-state index in [9.17, 15) is 4.79 Å². The number of rotatable bonds is 6. The van der Waals surface area contributed by atoms with Crippen LogP contribution in [0.2, 0.25) is 0 Å². The average Bonchev–Trinajstić information content (AvgIpc) is 3.04. The average molecular weight is 369 g/mol. The predicted octanol–water partition coefficient (Wildman–Crippen LogP) is 3.03. The number of hydrogen-bond acceptors (Lipinski definition) is 5. The number of hydrogen-bond donors (Lipinski definition) is 1. The van der Waals surface area contributed by atoms with Gasteiger partial charge in [-0.2, -0.15) is 0 Å². The minimum Gasteiger partial charge on any atom is -0.493 e. The van der Waals surface area contributed by atoms with Crippen LogP contribution in [-0.2, 0) is 11.3 Å². The van der Waals surface area contributed by atoms with Gasteiger partial charge in [0.1, 0.15) is 0 Å². The quantitative estimate of drug-likeness (QED) is 0.848. The summed E-state index contributed by atoms with van der Waals surface area (Å²) in [7, 11) is 3.21. The van der Waals surface area contributed by atoms with Gasteiger partial charge < -0.3 is 24.3 Å². The summed E-state index contributed by atoms with van der Waals surface area (Å²) in [4.78, 5) is 11.8. The normalized spacial score (nSPS) is 16.9. The number of methoxy groups -OCH3 is 2. The summed E-state index contributed by atoms with van der Waals surface area (Å²) in [5.74, 6) is 1.79. The Kier molecular flexibility index (Phi) is 4.44. The van der Waals surface area contributed by atoms with Crippen LogP contribution in [0, 0.1) is 5.41 Å². The molecule has 6 nitrogen and oxygen atoms in total. The van der Waals surface area contributed by atoms with Crippen LogP contribution in [0.1, 0.15) is 22.8 Å². The second-order valence-corrected chi connectivity index (χ2v) is 7.32. The fourth-order valence-electron chi connectivity index (χ4n) is 3.45. The highest BCUT2D eigenvalue weighted by Crippen LogP contribution is 2.45. The van der Waals surface area contributed by atoms with Crippen LogP contribution in [0.5, 0.6) is 17.2 Å². The van der Waals surface area contributed by atoms with Crippen molar-refractivity contribution in [2.45, 2.75) is 13.5 Å². The van der Waals surface area contributed by atoms with E-state index in [1.165, 1.54) is 0 Å². The molecule has 2 aromatic rings. The summed E-state index contributed by atoms with van der Waals surface area (Å²) in [6.07, 6.45) is 0. The van der Waals surface area contributed by atoms with Crippen molar-refractivity contribution in [3.63, 3.8) is 0 Å². The van der Waals surface area contributed by atoms with Gasteiger partial charge in [-0.15, -0.1) is 0 Å². The maximum atomic E-state index is 11.8. The van der Waals surface area contributed by atoms with Crippen molar-refractivity contribution < 1.29 is 23.7 Å². The van der Waals surface area contributed by atoms with Crippen molar-refractivity contribution in [1.82, 2.24) is 5.32 Å². The fraction of sp³-hybridized carbons (Fsp3) is 0.381. The van der Waals surface area contributed by atoms with Crippen molar-refractivity contribution in [3.05, 3.63) is 41.5 Å². The molecule has 0 spiro atoms. The minimum atomic E-state index is -0.0294. The first kappa shape index (κ1) is 17.7. The summed E-state index contributed by atoms with van der Waals surface area (Å²) in [5.41, 5.74) is 3.58. The monoisotopic (exact) mass is 369 g/mol. The molecule has 2 heterocycles. The number of fused-ring (bicyclic) bond motifs is 1. The number of amides is 1. The van der Waals surface area contributed by atoms with Gasteiger partial charge in [0.05, 0.1) is 34.0 Å². The van der Waals surface area contributed by atoms with E-state index in [0.29, 0.717) is 43.6 Å². The third-order valence-corrected chi connectivity index (χ3v) is 5.07. The van der Waals surface area contributed by atoms with Gasteiger partial charge in [0.25, 0.3) is 5.91 Å². The first-order valence-electron chi connectivity index (χ1n) is 8.92. The van der Waals surface area contributed by atoms with Crippen LogP contribution in [0.3, 0.4) is 0 Å². The maximum Gasteiger partial charge on any atom is 0.251 e. The molecule has 0 bridgehead atoms. The lowest BCUT2D eigenvalue weighted by Gasteiger charge is -2.37. The summed E-state index contributed by atoms with van der Waals surface area (Å²) < 4.78 is 22.6. The van der Waals surface area contributed by atoms with E-state index >= 15 is 0 Å². The van der Waals surface area contributed by atoms with Crippen LogP contribution in [0.15, 0.2) is 30.3 Å². The maximum absolute atomic E-state index is 11.8. The van der Waals surface area contributed by atoms with E-state index in [1.807, 2.05) is 30.3 Å². The van der Waals surface area contributed by atoms with Crippen LogP contribution >= 0.6 is 0 Å². The Labute approximate surface area is 158 Å². The summed E-state index contributed by atoms with van der Waals surface area (Å²) in [6.45, 7) is 4.56. The molecule has 1 fully saturated rings. The smallest absolute Gasteiger partial charge is 0.251 e. The summed E-state index contributed by atoms with van der Waals surface area (Å²) in [5, 5.41) is 2.85. The van der Waals surface area contributed by atoms with Crippen LogP contribution in [0.25, 0.3) is 11.1 Å². The lowest BCUT2D eigenvalue weighted by Crippen LogP contribution is -2.44. The number of ether oxygens (including phenoxy) is 4. The first-order valence-corrected chi connectivity index (χ1v) is 8.92. The summed E-state index contributed by atoms with van der Waals surface area (Å²) in [6, 6.07) is 9.64. The first-order chi connectivity index (χ1) is 13.0. The third kappa shape index (κ3) is 3.10. The van der Waals surface area contributed by atoms with Gasteiger partial charge in [0.15, 0.2) is 11.5 Å². The van der Waals surface area contributed by atoms with Gasteiger partial charge >= 0.3 is 0 Å². The Hall–Kier alpha value is -2.73. The highest BCUT2D eigenvalue weighted by atomic mass is 16.5. The van der Waals surface area contributed by atoms with E-state index in [1.54, 1.807) is 14.2 Å². The van der Waals surface area contributed by atoms with Gasteiger partial charge in [0.2, 0.25) is 5.75 Å². The molecule has 4 rings (SSSR count). The molecule has 0 aliphatic carbocycles. The molecule has 1 saturated heterocycles. The van der Waals surface area contributed by atoms with Gasteiger partial charge in [-0.1, -0.05) is 13.0 Å². The lowest BCUT2D eigenvalue weighted by atomic mass is 9.90. The SMILES string of the molecule is COc1ccc(-c2ccc3c(c2)CNC3=O)c(OCC2(C)COC2)c1OC. The van der Waals surface area contributed by atoms with E-state index < -0.39 is 0 Å². The Balaban J connectivity index is 1.76. The molecule has 0 radical (unpaired) electrons. The van der Waals surface area contributed by atoms with Gasteiger partial charge in [0, 0.05) is 23.1 Å². The molecule has 1 N–H and O–H groups in total. The Morgan fingerprint density at radius 2 is 1.85 bits per heavy atom. The van der Waals surface area contributed by atoms with Crippen molar-refractivity contribution >= 4 is 5.91 Å². The molecule has 0 aromatic heterocycles. The van der Waals surface area contributed by atoms with E-state index in [2.05, 4.69) is 12.2 Å². The second-order valence-electron chi connectivity index (χ2n) is 7.32. The molecule has 1 amide bonds. The molecule has 2 aromatic carbocycles. The molecular weight excluding hydrogens is 346 g/mol. The van der Waals surface area contributed by atoms with Gasteiger partial charge in [-0.05, 0) is 35.4 Å². The number of carbonyl (C=O) groups is 1. The molecule has 2 aliphatic rings. The van der Waals surface area contributed by atoms with E-state index in [-0.39, 0.29) is 11.3 Å². The van der Waals surface area contributed by atoms with Gasteiger partial charge in [-0.25, -0.2) is 0 Å². The molecule has 6 heteroatoms. The molecule has 27 heavy (non-hydrogen) atoms. The van der Waals surface area contributed by atoms with Crippen LogP contribution in [-0.4, -0.2) is 39.9 Å². The van der Waals surface area contributed by atoms with E-state index in [4.69, 9.17) is 18.9 Å². The van der Waals surface area contributed by atoms with Gasteiger partial charge in [-0.3, -0.25) is 4.79 Å². The molecule has 0 unspecified atom stereocenters. The fourth-order valence-corrected chi connectivity index (χ4v) is 3.45. The highest BCUT2D eigenvalue weighted by molar-refractivity contribution is 5.99. The van der Waals surface area contributed by atoms with E-state index in [0.717, 1.165) is 22.3 Å². The topological polar surface area (TPSA) is 66.0 Å². The van der Waals surface area contributed by atoms with Crippen LogP contribution in [0.4, 0.5) is 0 Å². The zero-order chi connectivity index (χ0) is 19.0. The molecular formula is C21H23NO5. The number of carbonyl (C=O) groups excluding carboxylic acids is 1. The minimum absolute atomic E-state index is 0.000365. The number of nitrogens with one attached hydrogen (secondary N) is 1. The molecule has 142 valence electrons. The Bertz CT molecular complexity index is 888. The second kappa shape index (κ2) is 6.78. The summed E-state index contributed by atoms with van der Waals surface area (Å²) >= 11 is 0.